The van der Waals surface area contributed by atoms with Crippen molar-refractivity contribution in [3.63, 3.8) is 0 Å². The summed E-state index contributed by atoms with van der Waals surface area (Å²) < 4.78 is 5.24. The van der Waals surface area contributed by atoms with Crippen LogP contribution in [0.15, 0.2) is 30.3 Å². The number of carbonyl (C=O) groups is 2. The number of benzene rings is 1. The Bertz CT molecular complexity index is 512. The first-order chi connectivity index (χ1) is 13.1. The highest BCUT2D eigenvalue weighted by Crippen LogP contribution is 2.19. The molecule has 1 N–H and O–H groups in total. The van der Waals surface area contributed by atoms with Gasteiger partial charge >= 0.3 is 11.9 Å². The second-order valence-corrected chi connectivity index (χ2v) is 7.34. The number of carbonyl (C=O) groups excluding carboxylic acids is 1. The summed E-state index contributed by atoms with van der Waals surface area (Å²) in [7, 11) is 0. The zero-order valence-electron chi connectivity index (χ0n) is 16.8. The molecule has 0 saturated carbocycles. The van der Waals surface area contributed by atoms with E-state index in [4.69, 9.17) is 4.74 Å². The topological polar surface area (TPSA) is 63.6 Å². The van der Waals surface area contributed by atoms with Gasteiger partial charge in [0.2, 0.25) is 0 Å². The zero-order chi connectivity index (χ0) is 19.7. The average Bonchev–Trinajstić information content (AvgIpc) is 2.67. The maximum atomic E-state index is 11.8. The summed E-state index contributed by atoms with van der Waals surface area (Å²) in [5.74, 6) is -1.34. The van der Waals surface area contributed by atoms with Gasteiger partial charge in [0.1, 0.15) is 6.61 Å². The van der Waals surface area contributed by atoms with E-state index in [9.17, 15) is 14.7 Å². The summed E-state index contributed by atoms with van der Waals surface area (Å²) in [6, 6.07) is 9.57. The first-order valence-corrected chi connectivity index (χ1v) is 10.6. The number of unbranched alkanes of at least 4 members (excludes halogenated alkanes) is 7. The van der Waals surface area contributed by atoms with E-state index in [-0.39, 0.29) is 24.9 Å². The zero-order valence-corrected chi connectivity index (χ0v) is 16.8. The van der Waals surface area contributed by atoms with Gasteiger partial charge in [0.05, 0.1) is 5.92 Å². The quantitative estimate of drug-likeness (QED) is 0.278. The summed E-state index contributed by atoms with van der Waals surface area (Å²) >= 11 is 0. The lowest BCUT2D eigenvalue weighted by Crippen LogP contribution is -2.14. The molecule has 1 rings (SSSR count). The van der Waals surface area contributed by atoms with Crippen molar-refractivity contribution in [2.75, 3.05) is 0 Å². The highest BCUT2D eigenvalue weighted by atomic mass is 16.5. The molecule has 4 nitrogen and oxygen atoms in total. The molecule has 4 heteroatoms. The van der Waals surface area contributed by atoms with E-state index in [1.807, 2.05) is 30.3 Å². The van der Waals surface area contributed by atoms with E-state index in [0.717, 1.165) is 18.4 Å². The number of rotatable bonds is 16. The molecule has 0 aliphatic carbocycles. The van der Waals surface area contributed by atoms with Gasteiger partial charge in [0.15, 0.2) is 0 Å². The molecule has 1 aromatic rings. The highest BCUT2D eigenvalue weighted by molar-refractivity contribution is 5.71. The Hall–Kier alpha value is -1.84. The molecule has 0 bridgehead atoms. The molecule has 1 aromatic carbocycles. The molecular weight excluding hydrogens is 340 g/mol. The minimum absolute atomic E-state index is 0.255. The molecule has 1 unspecified atom stereocenters. The predicted octanol–water partition coefficient (Wildman–Crippen LogP) is 6.13. The van der Waals surface area contributed by atoms with Crippen molar-refractivity contribution in [2.45, 2.75) is 90.6 Å². The predicted molar refractivity (Wildman–Crippen MR) is 108 cm³/mol. The van der Waals surface area contributed by atoms with Gasteiger partial charge in [-0.3, -0.25) is 9.59 Å². The summed E-state index contributed by atoms with van der Waals surface area (Å²) in [6.07, 6.45) is 11.8. The third kappa shape index (κ3) is 12.2. The van der Waals surface area contributed by atoms with Crippen LogP contribution in [-0.4, -0.2) is 17.0 Å². The standard InChI is InChI=1S/C23H36O4/c1-2-3-4-5-6-7-8-12-16-21(23(25)26)17-13-18-22(24)27-19-20-14-10-9-11-15-20/h9-11,14-15,21H,2-8,12-13,16-19H2,1H3,(H,25,26). The Kier molecular flexibility index (Phi) is 13.1. The van der Waals surface area contributed by atoms with E-state index in [1.54, 1.807) is 0 Å². The van der Waals surface area contributed by atoms with Crippen molar-refractivity contribution in [3.8, 4) is 0 Å². The van der Waals surface area contributed by atoms with Gasteiger partial charge in [-0.15, -0.1) is 0 Å². The molecular formula is C23H36O4. The first kappa shape index (κ1) is 23.2. The molecule has 0 aromatic heterocycles. The van der Waals surface area contributed by atoms with Crippen LogP contribution in [0.2, 0.25) is 0 Å². The summed E-state index contributed by atoms with van der Waals surface area (Å²) in [6.45, 7) is 2.50. The molecule has 0 spiro atoms. The summed E-state index contributed by atoms with van der Waals surface area (Å²) in [5, 5.41) is 9.37. The lowest BCUT2D eigenvalue weighted by Gasteiger charge is -2.12. The maximum Gasteiger partial charge on any atom is 0.306 e. The number of esters is 1. The van der Waals surface area contributed by atoms with Crippen molar-refractivity contribution in [3.05, 3.63) is 35.9 Å². The van der Waals surface area contributed by atoms with E-state index in [1.165, 1.54) is 38.5 Å². The molecule has 27 heavy (non-hydrogen) atoms. The lowest BCUT2D eigenvalue weighted by molar-refractivity contribution is -0.146. The van der Waals surface area contributed by atoms with Crippen LogP contribution in [-0.2, 0) is 20.9 Å². The van der Waals surface area contributed by atoms with Crippen molar-refractivity contribution < 1.29 is 19.4 Å². The second-order valence-electron chi connectivity index (χ2n) is 7.34. The lowest BCUT2D eigenvalue weighted by atomic mass is 9.95. The molecule has 0 radical (unpaired) electrons. The maximum absolute atomic E-state index is 11.8. The normalized spacial score (nSPS) is 11.9. The molecule has 0 aliphatic rings. The fraction of sp³-hybridized carbons (Fsp3) is 0.652. The SMILES string of the molecule is CCCCCCCCCCC(CCCC(=O)OCc1ccccc1)C(=O)O. The molecule has 0 aliphatic heterocycles. The Labute approximate surface area is 164 Å². The highest BCUT2D eigenvalue weighted by Gasteiger charge is 2.17. The van der Waals surface area contributed by atoms with Gasteiger partial charge in [-0.05, 0) is 24.8 Å². The van der Waals surface area contributed by atoms with E-state index >= 15 is 0 Å². The summed E-state index contributed by atoms with van der Waals surface area (Å²) in [5.41, 5.74) is 0.962. The van der Waals surface area contributed by atoms with Gasteiger partial charge in [-0.1, -0.05) is 88.6 Å². The molecule has 152 valence electrons. The Morgan fingerprint density at radius 2 is 1.48 bits per heavy atom. The Morgan fingerprint density at radius 3 is 2.11 bits per heavy atom. The van der Waals surface area contributed by atoms with Gasteiger partial charge in [-0.25, -0.2) is 0 Å². The molecule has 0 amide bonds. The monoisotopic (exact) mass is 376 g/mol. The summed E-state index contributed by atoms with van der Waals surface area (Å²) in [4.78, 5) is 23.2. The third-order valence-electron chi connectivity index (χ3n) is 4.93. The van der Waals surface area contributed by atoms with Crippen LogP contribution in [0.3, 0.4) is 0 Å². The smallest absolute Gasteiger partial charge is 0.306 e. The van der Waals surface area contributed by atoms with Gasteiger partial charge in [-0.2, -0.15) is 0 Å². The van der Waals surface area contributed by atoms with Gasteiger partial charge in [0.25, 0.3) is 0 Å². The van der Waals surface area contributed by atoms with Crippen LogP contribution < -0.4 is 0 Å². The minimum atomic E-state index is -0.740. The van der Waals surface area contributed by atoms with E-state index in [2.05, 4.69) is 6.92 Å². The van der Waals surface area contributed by atoms with Crippen LogP contribution in [0.4, 0.5) is 0 Å². The van der Waals surface area contributed by atoms with Crippen molar-refractivity contribution in [1.29, 1.82) is 0 Å². The van der Waals surface area contributed by atoms with Gasteiger partial charge < -0.3 is 9.84 Å². The minimum Gasteiger partial charge on any atom is -0.481 e. The van der Waals surface area contributed by atoms with Crippen LogP contribution in [0, 0.1) is 5.92 Å². The van der Waals surface area contributed by atoms with Crippen LogP contribution in [0.5, 0.6) is 0 Å². The Morgan fingerprint density at radius 1 is 0.889 bits per heavy atom. The number of ether oxygens (including phenoxy) is 1. The van der Waals surface area contributed by atoms with Crippen molar-refractivity contribution in [2.24, 2.45) is 5.92 Å². The van der Waals surface area contributed by atoms with Gasteiger partial charge in [0, 0.05) is 6.42 Å². The second kappa shape index (κ2) is 15.2. The fourth-order valence-corrected chi connectivity index (χ4v) is 3.22. The number of aliphatic carboxylic acids is 1. The first-order valence-electron chi connectivity index (χ1n) is 10.6. The average molecular weight is 377 g/mol. The van der Waals surface area contributed by atoms with Crippen LogP contribution in [0.1, 0.15) is 89.5 Å². The fourth-order valence-electron chi connectivity index (χ4n) is 3.22. The van der Waals surface area contributed by atoms with Crippen LogP contribution in [0.25, 0.3) is 0 Å². The Balaban J connectivity index is 2.10. The number of carboxylic acid groups (broad SMARTS) is 1. The molecule has 0 heterocycles. The molecule has 1 atom stereocenters. The van der Waals surface area contributed by atoms with Crippen molar-refractivity contribution >= 4 is 11.9 Å². The van der Waals surface area contributed by atoms with Crippen LogP contribution >= 0.6 is 0 Å². The van der Waals surface area contributed by atoms with E-state index in [0.29, 0.717) is 19.3 Å². The van der Waals surface area contributed by atoms with E-state index < -0.39 is 5.97 Å². The number of hydrogen-bond donors (Lipinski definition) is 1. The molecule has 0 saturated heterocycles. The number of hydrogen-bond acceptors (Lipinski definition) is 3. The third-order valence-corrected chi connectivity index (χ3v) is 4.93. The number of carboxylic acids is 1. The molecule has 0 fully saturated rings. The van der Waals surface area contributed by atoms with Crippen molar-refractivity contribution in [1.82, 2.24) is 0 Å². The largest absolute Gasteiger partial charge is 0.481 e.